The van der Waals surface area contributed by atoms with E-state index in [9.17, 15) is 8.42 Å². The Kier molecular flexibility index (Phi) is 3.38. The van der Waals surface area contributed by atoms with Crippen molar-refractivity contribution in [3.8, 4) is 0 Å². The predicted octanol–water partition coefficient (Wildman–Crippen LogP) is 2.12. The molecule has 1 heterocycles. The summed E-state index contributed by atoms with van der Waals surface area (Å²) in [6.45, 7) is 1.77. The molecule has 1 aromatic carbocycles. The summed E-state index contributed by atoms with van der Waals surface area (Å²) in [6.07, 6.45) is 1.56. The minimum Gasteiger partial charge on any atom is -0.264 e. The smallest absolute Gasteiger partial charge is 0.263 e. The van der Waals surface area contributed by atoms with Crippen LogP contribution in [0.1, 0.15) is 5.56 Å². The first-order valence-corrected chi connectivity index (χ1v) is 7.33. The summed E-state index contributed by atoms with van der Waals surface area (Å²) in [7, 11) is -3.55. The van der Waals surface area contributed by atoms with E-state index >= 15 is 0 Å². The zero-order valence-electron chi connectivity index (χ0n) is 8.94. The summed E-state index contributed by atoms with van der Waals surface area (Å²) in [6, 6.07) is 6.62. The van der Waals surface area contributed by atoms with Crippen molar-refractivity contribution in [1.82, 2.24) is 10.2 Å². The highest BCUT2D eigenvalue weighted by atomic mass is 127. The molecule has 0 aliphatic heterocycles. The Morgan fingerprint density at radius 2 is 1.94 bits per heavy atom. The fourth-order valence-corrected chi connectivity index (χ4v) is 2.70. The number of nitrogens with one attached hydrogen (secondary N) is 2. The van der Waals surface area contributed by atoms with Crippen LogP contribution in [-0.4, -0.2) is 18.6 Å². The Hall–Kier alpha value is -1.09. The monoisotopic (exact) mass is 363 g/mol. The molecule has 2 rings (SSSR count). The van der Waals surface area contributed by atoms with Crippen molar-refractivity contribution >= 4 is 38.4 Å². The number of sulfonamides is 1. The lowest BCUT2D eigenvalue weighted by Crippen LogP contribution is -2.13. The van der Waals surface area contributed by atoms with Gasteiger partial charge in [-0.25, -0.2) is 8.42 Å². The quantitative estimate of drug-likeness (QED) is 0.821. The SMILES string of the molecule is Cc1cn[nH]c1NS(=O)(=O)c1ccc(I)cc1. The Balaban J connectivity index is 2.31. The van der Waals surface area contributed by atoms with Gasteiger partial charge in [-0.1, -0.05) is 0 Å². The second-order valence-corrected chi connectivity index (χ2v) is 6.42. The van der Waals surface area contributed by atoms with Crippen LogP contribution in [0.25, 0.3) is 0 Å². The number of halogens is 1. The van der Waals surface area contributed by atoms with Crippen molar-refractivity contribution in [2.24, 2.45) is 0 Å². The average Bonchev–Trinajstić information content (AvgIpc) is 2.64. The summed E-state index contributed by atoms with van der Waals surface area (Å²) in [4.78, 5) is 0.229. The first-order valence-electron chi connectivity index (χ1n) is 4.77. The van der Waals surface area contributed by atoms with E-state index in [2.05, 4.69) is 37.5 Å². The van der Waals surface area contributed by atoms with Crippen LogP contribution in [0.4, 0.5) is 5.82 Å². The zero-order valence-corrected chi connectivity index (χ0v) is 11.9. The van der Waals surface area contributed by atoms with E-state index in [1.165, 1.54) is 0 Å². The Bertz CT molecular complexity index is 619. The molecule has 1 aromatic heterocycles. The highest BCUT2D eigenvalue weighted by Gasteiger charge is 2.15. The Morgan fingerprint density at radius 1 is 1.29 bits per heavy atom. The van der Waals surface area contributed by atoms with Gasteiger partial charge < -0.3 is 0 Å². The average molecular weight is 363 g/mol. The first kappa shape index (κ1) is 12.4. The van der Waals surface area contributed by atoms with Gasteiger partial charge in [-0.05, 0) is 53.8 Å². The van der Waals surface area contributed by atoms with Gasteiger partial charge in [0.1, 0.15) is 5.82 Å². The van der Waals surface area contributed by atoms with Crippen LogP contribution in [0.3, 0.4) is 0 Å². The molecule has 7 heteroatoms. The van der Waals surface area contributed by atoms with Crippen molar-refractivity contribution in [2.45, 2.75) is 11.8 Å². The van der Waals surface area contributed by atoms with Gasteiger partial charge in [0.15, 0.2) is 0 Å². The van der Waals surface area contributed by atoms with Crippen LogP contribution in [0, 0.1) is 10.5 Å². The third-order valence-electron chi connectivity index (χ3n) is 2.19. The van der Waals surface area contributed by atoms with Crippen LogP contribution in [0.2, 0.25) is 0 Å². The van der Waals surface area contributed by atoms with Gasteiger partial charge in [-0.15, -0.1) is 0 Å². The largest absolute Gasteiger partial charge is 0.264 e. The minimum atomic E-state index is -3.55. The zero-order chi connectivity index (χ0) is 12.5. The Labute approximate surface area is 113 Å². The molecule has 2 aromatic rings. The van der Waals surface area contributed by atoms with Gasteiger partial charge in [-0.2, -0.15) is 5.10 Å². The van der Waals surface area contributed by atoms with Crippen LogP contribution < -0.4 is 4.72 Å². The first-order chi connectivity index (χ1) is 7.99. The normalized spacial score (nSPS) is 11.4. The molecule has 0 spiro atoms. The molecule has 0 atom stereocenters. The van der Waals surface area contributed by atoms with Crippen LogP contribution in [-0.2, 0) is 10.0 Å². The molecule has 0 fully saturated rings. The second kappa shape index (κ2) is 4.65. The van der Waals surface area contributed by atoms with Crippen LogP contribution in [0.15, 0.2) is 35.4 Å². The number of aromatic amines is 1. The number of nitrogens with zero attached hydrogens (tertiary/aromatic N) is 1. The van der Waals surface area contributed by atoms with Gasteiger partial charge in [0.2, 0.25) is 0 Å². The molecule has 17 heavy (non-hydrogen) atoms. The fraction of sp³-hybridized carbons (Fsp3) is 0.100. The maximum Gasteiger partial charge on any atom is 0.263 e. The highest BCUT2D eigenvalue weighted by Crippen LogP contribution is 2.17. The van der Waals surface area contributed by atoms with E-state index in [1.54, 1.807) is 37.4 Å². The lowest BCUT2D eigenvalue weighted by molar-refractivity contribution is 0.601. The van der Waals surface area contributed by atoms with Gasteiger partial charge in [0.05, 0.1) is 11.1 Å². The predicted molar refractivity (Wildman–Crippen MR) is 73.3 cm³/mol. The molecule has 0 aliphatic rings. The summed E-state index contributed by atoms with van der Waals surface area (Å²) in [5.74, 6) is 0.392. The molecule has 90 valence electrons. The lowest BCUT2D eigenvalue weighted by Gasteiger charge is -2.06. The minimum absolute atomic E-state index is 0.229. The van der Waals surface area contributed by atoms with E-state index in [0.717, 1.165) is 9.13 Å². The van der Waals surface area contributed by atoms with Crippen molar-refractivity contribution < 1.29 is 8.42 Å². The topological polar surface area (TPSA) is 74.8 Å². The van der Waals surface area contributed by atoms with Crippen molar-refractivity contribution in [3.05, 3.63) is 39.6 Å². The molecule has 2 N–H and O–H groups in total. The number of benzene rings is 1. The molecule has 0 amide bonds. The molecule has 0 bridgehead atoms. The third kappa shape index (κ3) is 2.78. The maximum atomic E-state index is 12.0. The van der Waals surface area contributed by atoms with E-state index in [4.69, 9.17) is 0 Å². The number of H-pyrrole nitrogens is 1. The van der Waals surface area contributed by atoms with E-state index < -0.39 is 10.0 Å². The summed E-state index contributed by atoms with van der Waals surface area (Å²) >= 11 is 2.12. The lowest BCUT2D eigenvalue weighted by atomic mass is 10.4. The van der Waals surface area contributed by atoms with Gasteiger partial charge >= 0.3 is 0 Å². The van der Waals surface area contributed by atoms with E-state index in [1.807, 2.05) is 0 Å². The van der Waals surface area contributed by atoms with Crippen molar-refractivity contribution in [2.75, 3.05) is 4.72 Å². The number of aryl methyl sites for hydroxylation is 1. The molecule has 0 saturated carbocycles. The van der Waals surface area contributed by atoms with Crippen molar-refractivity contribution in [3.63, 3.8) is 0 Å². The maximum absolute atomic E-state index is 12.0. The number of hydrogen-bond acceptors (Lipinski definition) is 3. The van der Waals surface area contributed by atoms with Gasteiger partial charge in [0, 0.05) is 9.13 Å². The molecular formula is C10H10IN3O2S. The van der Waals surface area contributed by atoms with Gasteiger partial charge in [0.25, 0.3) is 10.0 Å². The summed E-state index contributed by atoms with van der Waals surface area (Å²) < 4.78 is 27.4. The Morgan fingerprint density at radius 3 is 2.47 bits per heavy atom. The number of hydrogen-bond donors (Lipinski definition) is 2. The standard InChI is InChI=1S/C10H10IN3O2S/c1-7-6-12-13-10(7)14-17(15,16)9-4-2-8(11)3-5-9/h2-6H,1H3,(H2,12,13,14). The molecular weight excluding hydrogens is 353 g/mol. The second-order valence-electron chi connectivity index (χ2n) is 3.49. The van der Waals surface area contributed by atoms with E-state index in [0.29, 0.717) is 5.82 Å². The molecule has 0 aliphatic carbocycles. The van der Waals surface area contributed by atoms with E-state index in [-0.39, 0.29) is 4.90 Å². The summed E-state index contributed by atoms with van der Waals surface area (Å²) in [5.41, 5.74) is 0.749. The number of rotatable bonds is 3. The van der Waals surface area contributed by atoms with Crippen molar-refractivity contribution in [1.29, 1.82) is 0 Å². The highest BCUT2D eigenvalue weighted by molar-refractivity contribution is 14.1. The fourth-order valence-electron chi connectivity index (χ4n) is 1.26. The number of aromatic nitrogens is 2. The molecule has 0 saturated heterocycles. The number of anilines is 1. The molecule has 5 nitrogen and oxygen atoms in total. The molecule has 0 radical (unpaired) electrons. The summed E-state index contributed by atoms with van der Waals surface area (Å²) in [5, 5.41) is 6.36. The van der Waals surface area contributed by atoms with Crippen LogP contribution >= 0.6 is 22.6 Å². The van der Waals surface area contributed by atoms with Crippen LogP contribution in [0.5, 0.6) is 0 Å². The molecule has 0 unspecified atom stereocenters. The third-order valence-corrected chi connectivity index (χ3v) is 4.27. The van der Waals surface area contributed by atoms with Gasteiger partial charge in [-0.3, -0.25) is 9.82 Å².